The van der Waals surface area contributed by atoms with Gasteiger partial charge < -0.3 is 5.32 Å². The van der Waals surface area contributed by atoms with Crippen molar-refractivity contribution in [2.24, 2.45) is 0 Å². The number of hydrogen-bond donors (Lipinski definition) is 1. The van der Waals surface area contributed by atoms with Crippen LogP contribution in [0.25, 0.3) is 0 Å². The zero-order valence-corrected chi connectivity index (χ0v) is 15.0. The first-order valence-electron chi connectivity index (χ1n) is 9.66. The Hall–Kier alpha value is -1.68. The van der Waals surface area contributed by atoms with Gasteiger partial charge in [-0.25, -0.2) is 0 Å². The van der Waals surface area contributed by atoms with Crippen LogP contribution in [0.15, 0.2) is 60.7 Å². The molecule has 2 heterocycles. The average molecular weight is 335 g/mol. The van der Waals surface area contributed by atoms with Crippen molar-refractivity contribution < 1.29 is 0 Å². The maximum Gasteiger partial charge on any atom is 0.0234 e. The number of piperidine rings is 1. The minimum atomic E-state index is 0.608. The van der Waals surface area contributed by atoms with E-state index in [4.69, 9.17) is 0 Å². The maximum absolute atomic E-state index is 3.50. The lowest BCUT2D eigenvalue weighted by molar-refractivity contribution is 0.0752. The van der Waals surface area contributed by atoms with Crippen molar-refractivity contribution in [3.8, 4) is 0 Å². The summed E-state index contributed by atoms with van der Waals surface area (Å²) in [4.78, 5) is 5.37. The summed E-state index contributed by atoms with van der Waals surface area (Å²) >= 11 is 0. The number of hydrogen-bond acceptors (Lipinski definition) is 3. The van der Waals surface area contributed by atoms with Crippen LogP contribution in [0.1, 0.15) is 23.5 Å². The Balaban J connectivity index is 1.51. The maximum atomic E-state index is 3.50. The Morgan fingerprint density at radius 2 is 1.52 bits per heavy atom. The smallest absolute Gasteiger partial charge is 0.0234 e. The molecule has 0 spiro atoms. The van der Waals surface area contributed by atoms with Gasteiger partial charge in [-0.1, -0.05) is 60.7 Å². The molecule has 2 atom stereocenters. The third-order valence-corrected chi connectivity index (χ3v) is 5.76. The first-order valence-corrected chi connectivity index (χ1v) is 9.66. The largest absolute Gasteiger partial charge is 0.314 e. The number of likely N-dealkylation sites (tertiary alicyclic amines) is 1. The number of benzene rings is 2. The van der Waals surface area contributed by atoms with E-state index >= 15 is 0 Å². The van der Waals surface area contributed by atoms with Gasteiger partial charge in [-0.2, -0.15) is 0 Å². The lowest BCUT2D eigenvalue weighted by atomic mass is 9.84. The van der Waals surface area contributed by atoms with E-state index < -0.39 is 0 Å². The SMILES string of the molecule is c1ccc(CN2CC[C@H](N3CCNCC3)[C@H](c3ccccc3)C2)cc1. The van der Waals surface area contributed by atoms with E-state index in [1.165, 1.54) is 37.2 Å². The predicted octanol–water partition coefficient (Wildman–Crippen LogP) is 2.95. The van der Waals surface area contributed by atoms with Gasteiger partial charge in [0.05, 0.1) is 0 Å². The first kappa shape index (κ1) is 16.8. The van der Waals surface area contributed by atoms with Crippen LogP contribution in [0.5, 0.6) is 0 Å². The molecule has 132 valence electrons. The van der Waals surface area contributed by atoms with E-state index in [0.717, 1.165) is 26.2 Å². The van der Waals surface area contributed by atoms with Crippen LogP contribution >= 0.6 is 0 Å². The third-order valence-electron chi connectivity index (χ3n) is 5.76. The molecular weight excluding hydrogens is 306 g/mol. The van der Waals surface area contributed by atoms with E-state index in [0.29, 0.717) is 12.0 Å². The molecule has 1 N–H and O–H groups in total. The van der Waals surface area contributed by atoms with Crippen LogP contribution in [-0.2, 0) is 6.54 Å². The summed E-state index contributed by atoms with van der Waals surface area (Å²) in [7, 11) is 0. The van der Waals surface area contributed by atoms with E-state index in [9.17, 15) is 0 Å². The molecular formula is C22H29N3. The standard InChI is InChI=1S/C22H29N3/c1-3-7-19(8-4-1)17-24-14-11-22(25-15-12-23-13-16-25)21(18-24)20-9-5-2-6-10-20/h1-10,21-23H,11-18H2/t21-,22-/m0/s1. The fraction of sp³-hybridized carbons (Fsp3) is 0.455. The molecule has 2 aromatic carbocycles. The molecule has 2 aromatic rings. The highest BCUT2D eigenvalue weighted by Gasteiger charge is 2.34. The van der Waals surface area contributed by atoms with Crippen LogP contribution < -0.4 is 5.32 Å². The Kier molecular flexibility index (Phi) is 5.46. The summed E-state index contributed by atoms with van der Waals surface area (Å²) in [5.41, 5.74) is 2.93. The van der Waals surface area contributed by atoms with Gasteiger partial charge in [0.1, 0.15) is 0 Å². The van der Waals surface area contributed by atoms with Crippen LogP contribution in [0, 0.1) is 0 Å². The Labute approximate surface area is 151 Å². The fourth-order valence-electron chi connectivity index (χ4n) is 4.47. The fourth-order valence-corrected chi connectivity index (χ4v) is 4.47. The van der Waals surface area contributed by atoms with E-state index in [1.807, 2.05) is 0 Å². The van der Waals surface area contributed by atoms with Crippen molar-refractivity contribution >= 4 is 0 Å². The summed E-state index contributed by atoms with van der Waals surface area (Å²) in [6.07, 6.45) is 1.27. The molecule has 0 aromatic heterocycles. The summed E-state index contributed by atoms with van der Waals surface area (Å²) in [6, 6.07) is 22.8. The van der Waals surface area contributed by atoms with Gasteiger partial charge in [0, 0.05) is 57.8 Å². The van der Waals surface area contributed by atoms with Gasteiger partial charge in [-0.15, -0.1) is 0 Å². The zero-order valence-electron chi connectivity index (χ0n) is 15.0. The van der Waals surface area contributed by atoms with Crippen molar-refractivity contribution in [2.75, 3.05) is 39.3 Å². The van der Waals surface area contributed by atoms with Crippen molar-refractivity contribution in [1.29, 1.82) is 0 Å². The Bertz CT molecular complexity index is 637. The van der Waals surface area contributed by atoms with Crippen molar-refractivity contribution in [3.63, 3.8) is 0 Å². The van der Waals surface area contributed by atoms with Crippen molar-refractivity contribution in [1.82, 2.24) is 15.1 Å². The van der Waals surface area contributed by atoms with E-state index in [2.05, 4.69) is 75.8 Å². The second-order valence-corrected chi connectivity index (χ2v) is 7.38. The molecule has 2 fully saturated rings. The average Bonchev–Trinajstić information content (AvgIpc) is 2.70. The normalized spacial score (nSPS) is 25.8. The molecule has 0 amide bonds. The summed E-state index contributed by atoms with van der Waals surface area (Å²) < 4.78 is 0. The van der Waals surface area contributed by atoms with Crippen LogP contribution in [0.2, 0.25) is 0 Å². The lowest BCUT2D eigenvalue weighted by Gasteiger charge is -2.45. The molecule has 3 heteroatoms. The summed E-state index contributed by atoms with van der Waals surface area (Å²) in [5.74, 6) is 0.608. The quantitative estimate of drug-likeness (QED) is 0.927. The number of nitrogens with zero attached hydrogens (tertiary/aromatic N) is 2. The second-order valence-electron chi connectivity index (χ2n) is 7.38. The van der Waals surface area contributed by atoms with Crippen LogP contribution in [-0.4, -0.2) is 55.1 Å². The highest BCUT2D eigenvalue weighted by Crippen LogP contribution is 2.32. The highest BCUT2D eigenvalue weighted by molar-refractivity contribution is 5.23. The second kappa shape index (κ2) is 8.13. The van der Waals surface area contributed by atoms with Gasteiger partial charge >= 0.3 is 0 Å². The molecule has 0 radical (unpaired) electrons. The van der Waals surface area contributed by atoms with Gasteiger partial charge in [0.2, 0.25) is 0 Å². The monoisotopic (exact) mass is 335 g/mol. The predicted molar refractivity (Wildman–Crippen MR) is 104 cm³/mol. The summed E-state index contributed by atoms with van der Waals surface area (Å²) in [6.45, 7) is 8.07. The van der Waals surface area contributed by atoms with Gasteiger partial charge in [-0.3, -0.25) is 9.80 Å². The van der Waals surface area contributed by atoms with Gasteiger partial charge in [0.15, 0.2) is 0 Å². The van der Waals surface area contributed by atoms with Crippen molar-refractivity contribution in [3.05, 3.63) is 71.8 Å². The molecule has 0 aliphatic carbocycles. The zero-order chi connectivity index (χ0) is 16.9. The third kappa shape index (κ3) is 4.12. The van der Waals surface area contributed by atoms with Gasteiger partial charge in [-0.05, 0) is 17.5 Å². The molecule has 2 saturated heterocycles. The number of piperazine rings is 1. The molecule has 2 aliphatic rings. The molecule has 0 unspecified atom stereocenters. The number of rotatable bonds is 4. The van der Waals surface area contributed by atoms with Crippen LogP contribution in [0.3, 0.4) is 0 Å². The van der Waals surface area contributed by atoms with Gasteiger partial charge in [0.25, 0.3) is 0 Å². The topological polar surface area (TPSA) is 18.5 Å². The molecule has 0 saturated carbocycles. The molecule has 25 heavy (non-hydrogen) atoms. The Morgan fingerprint density at radius 3 is 2.24 bits per heavy atom. The Morgan fingerprint density at radius 1 is 0.840 bits per heavy atom. The highest BCUT2D eigenvalue weighted by atomic mass is 15.2. The molecule has 4 rings (SSSR count). The lowest BCUT2D eigenvalue weighted by Crippen LogP contribution is -2.55. The van der Waals surface area contributed by atoms with E-state index in [-0.39, 0.29) is 0 Å². The molecule has 2 aliphatic heterocycles. The van der Waals surface area contributed by atoms with Crippen LogP contribution in [0.4, 0.5) is 0 Å². The van der Waals surface area contributed by atoms with E-state index in [1.54, 1.807) is 0 Å². The molecule has 3 nitrogen and oxygen atoms in total. The minimum absolute atomic E-state index is 0.608. The first-order chi connectivity index (χ1) is 12.4. The molecule has 0 bridgehead atoms. The minimum Gasteiger partial charge on any atom is -0.314 e. The summed E-state index contributed by atoms with van der Waals surface area (Å²) in [5, 5.41) is 3.50. The number of nitrogens with one attached hydrogen (secondary N) is 1. The van der Waals surface area contributed by atoms with Crippen molar-refractivity contribution in [2.45, 2.75) is 24.9 Å².